The van der Waals surface area contributed by atoms with Gasteiger partial charge in [-0.1, -0.05) is 6.07 Å². The van der Waals surface area contributed by atoms with Gasteiger partial charge in [-0.2, -0.15) is 0 Å². The van der Waals surface area contributed by atoms with Crippen LogP contribution in [-0.2, 0) is 0 Å². The first kappa shape index (κ1) is 11.5. The molecule has 3 nitrogen and oxygen atoms in total. The molecule has 0 spiro atoms. The first-order valence-corrected chi connectivity index (χ1v) is 7.27. The van der Waals surface area contributed by atoms with Gasteiger partial charge in [0.25, 0.3) is 0 Å². The Bertz CT molecular complexity index is 643. The van der Waals surface area contributed by atoms with Crippen LogP contribution in [0.15, 0.2) is 16.5 Å². The van der Waals surface area contributed by atoms with Crippen LogP contribution < -0.4 is 5.73 Å². The van der Waals surface area contributed by atoms with E-state index in [0.29, 0.717) is 17.8 Å². The highest BCUT2D eigenvalue weighted by molar-refractivity contribution is 5.77. The smallest absolute Gasteiger partial charge is 0.200 e. The summed E-state index contributed by atoms with van der Waals surface area (Å²) in [5.74, 6) is 2.59. The van der Waals surface area contributed by atoms with E-state index < -0.39 is 0 Å². The van der Waals surface area contributed by atoms with Crippen LogP contribution in [0.5, 0.6) is 0 Å². The fourth-order valence-corrected chi connectivity index (χ4v) is 4.24. The molecule has 3 heteroatoms. The number of aryl methyl sites for hydroxylation is 2. The third kappa shape index (κ3) is 1.57. The van der Waals surface area contributed by atoms with Gasteiger partial charge in [-0.25, -0.2) is 4.98 Å². The molecule has 0 radical (unpaired) electrons. The summed E-state index contributed by atoms with van der Waals surface area (Å²) in [7, 11) is 0. The molecule has 2 aliphatic carbocycles. The summed E-state index contributed by atoms with van der Waals surface area (Å²) >= 11 is 0. The lowest BCUT2D eigenvalue weighted by Gasteiger charge is -2.25. The van der Waals surface area contributed by atoms with Crippen LogP contribution in [0.1, 0.15) is 42.2 Å². The number of hydrogen-bond acceptors (Lipinski definition) is 3. The van der Waals surface area contributed by atoms with Gasteiger partial charge in [0.1, 0.15) is 5.52 Å². The number of nitrogens with two attached hydrogens (primary N) is 1. The lowest BCUT2D eigenvalue weighted by molar-refractivity contribution is 0.316. The van der Waals surface area contributed by atoms with Gasteiger partial charge in [0.2, 0.25) is 0 Å². The molecule has 0 aliphatic heterocycles. The Morgan fingerprint density at radius 3 is 2.74 bits per heavy atom. The minimum Gasteiger partial charge on any atom is -0.440 e. The van der Waals surface area contributed by atoms with Crippen molar-refractivity contribution in [1.29, 1.82) is 0 Å². The van der Waals surface area contributed by atoms with Crippen LogP contribution in [-0.4, -0.2) is 11.0 Å². The van der Waals surface area contributed by atoms with Gasteiger partial charge in [0.05, 0.1) is 5.92 Å². The first-order valence-electron chi connectivity index (χ1n) is 7.27. The summed E-state index contributed by atoms with van der Waals surface area (Å²) in [6.07, 6.45) is 3.85. The molecule has 1 heterocycles. The molecule has 4 unspecified atom stereocenters. The van der Waals surface area contributed by atoms with Crippen molar-refractivity contribution in [3.63, 3.8) is 0 Å². The average molecular weight is 256 g/mol. The van der Waals surface area contributed by atoms with Gasteiger partial charge in [-0.15, -0.1) is 0 Å². The van der Waals surface area contributed by atoms with Gasteiger partial charge in [0, 0.05) is 6.04 Å². The summed E-state index contributed by atoms with van der Waals surface area (Å²) in [6.45, 7) is 4.19. The van der Waals surface area contributed by atoms with E-state index in [9.17, 15) is 0 Å². The molecule has 1 aromatic heterocycles. The van der Waals surface area contributed by atoms with Crippen LogP contribution in [0.3, 0.4) is 0 Å². The Balaban J connectivity index is 1.82. The molecule has 2 aliphatic rings. The maximum absolute atomic E-state index is 6.39. The molecule has 100 valence electrons. The quantitative estimate of drug-likeness (QED) is 0.851. The van der Waals surface area contributed by atoms with Crippen LogP contribution in [0.4, 0.5) is 0 Å². The number of rotatable bonds is 1. The summed E-state index contributed by atoms with van der Waals surface area (Å²) in [5, 5.41) is 0. The second kappa shape index (κ2) is 3.83. The Morgan fingerprint density at radius 2 is 2.00 bits per heavy atom. The molecule has 0 saturated heterocycles. The highest BCUT2D eigenvalue weighted by Gasteiger charge is 2.48. The number of oxazole rings is 1. The van der Waals surface area contributed by atoms with E-state index in [-0.39, 0.29) is 6.04 Å². The maximum Gasteiger partial charge on any atom is 0.200 e. The second-order valence-corrected chi connectivity index (χ2v) is 6.42. The van der Waals surface area contributed by atoms with Gasteiger partial charge in [-0.05, 0) is 62.1 Å². The average Bonchev–Trinajstić information content (AvgIpc) is 3.01. The van der Waals surface area contributed by atoms with E-state index >= 15 is 0 Å². The van der Waals surface area contributed by atoms with E-state index in [1.807, 2.05) is 0 Å². The van der Waals surface area contributed by atoms with Gasteiger partial charge in [0.15, 0.2) is 11.5 Å². The Kier molecular flexibility index (Phi) is 2.31. The SMILES string of the molecule is Cc1cc(C)c2oc(C3C4CCC(C4)C3N)nc2c1. The van der Waals surface area contributed by atoms with Crippen LogP contribution in [0, 0.1) is 25.7 Å². The molecule has 0 amide bonds. The summed E-state index contributed by atoms with van der Waals surface area (Å²) in [6, 6.07) is 4.50. The third-order valence-electron chi connectivity index (χ3n) is 5.10. The Labute approximate surface area is 113 Å². The van der Waals surface area contributed by atoms with E-state index in [0.717, 1.165) is 17.0 Å². The van der Waals surface area contributed by atoms with E-state index in [1.54, 1.807) is 0 Å². The van der Waals surface area contributed by atoms with Crippen LogP contribution in [0.25, 0.3) is 11.1 Å². The number of fused-ring (bicyclic) bond motifs is 3. The minimum absolute atomic E-state index is 0.244. The second-order valence-electron chi connectivity index (χ2n) is 6.42. The van der Waals surface area contributed by atoms with Crippen molar-refractivity contribution in [1.82, 2.24) is 4.98 Å². The predicted molar refractivity (Wildman–Crippen MR) is 75.0 cm³/mol. The summed E-state index contributed by atoms with van der Waals surface area (Å²) < 4.78 is 6.07. The Morgan fingerprint density at radius 1 is 1.21 bits per heavy atom. The monoisotopic (exact) mass is 256 g/mol. The molecule has 1 aromatic carbocycles. The normalized spacial score (nSPS) is 33.4. The predicted octanol–water partition coefficient (Wildman–Crippen LogP) is 3.29. The van der Waals surface area contributed by atoms with Crippen molar-refractivity contribution >= 4 is 11.1 Å². The van der Waals surface area contributed by atoms with Crippen molar-refractivity contribution in [2.45, 2.75) is 45.1 Å². The molecule has 4 rings (SSSR count). The highest BCUT2D eigenvalue weighted by Crippen LogP contribution is 2.52. The summed E-state index contributed by atoms with van der Waals surface area (Å²) in [4.78, 5) is 4.74. The van der Waals surface area contributed by atoms with Crippen LogP contribution >= 0.6 is 0 Å². The molecule has 4 atom stereocenters. The lowest BCUT2D eigenvalue weighted by Crippen LogP contribution is -2.34. The molecular formula is C16H20N2O. The molecule has 2 fully saturated rings. The molecular weight excluding hydrogens is 236 g/mol. The molecule has 2 saturated carbocycles. The van der Waals surface area contributed by atoms with Crippen LogP contribution in [0.2, 0.25) is 0 Å². The van der Waals surface area contributed by atoms with Crippen molar-refractivity contribution < 1.29 is 4.42 Å². The standard InChI is InChI=1S/C16H20N2O/c1-8-5-9(2)15-12(6-8)18-16(19-15)13-10-3-4-11(7-10)14(13)17/h5-6,10-11,13-14H,3-4,7,17H2,1-2H3. The zero-order valence-corrected chi connectivity index (χ0v) is 11.5. The zero-order valence-electron chi connectivity index (χ0n) is 11.5. The molecule has 2 bridgehead atoms. The largest absolute Gasteiger partial charge is 0.440 e. The number of hydrogen-bond donors (Lipinski definition) is 1. The van der Waals surface area contributed by atoms with Gasteiger partial charge in [-0.3, -0.25) is 0 Å². The van der Waals surface area contributed by atoms with E-state index in [2.05, 4.69) is 26.0 Å². The van der Waals surface area contributed by atoms with Crippen molar-refractivity contribution in [3.05, 3.63) is 29.2 Å². The van der Waals surface area contributed by atoms with Crippen molar-refractivity contribution in [2.75, 3.05) is 0 Å². The van der Waals surface area contributed by atoms with Crippen molar-refractivity contribution in [3.8, 4) is 0 Å². The third-order valence-corrected chi connectivity index (χ3v) is 5.10. The summed E-state index contributed by atoms with van der Waals surface area (Å²) in [5.41, 5.74) is 10.7. The number of aromatic nitrogens is 1. The molecule has 2 N–H and O–H groups in total. The maximum atomic E-state index is 6.39. The topological polar surface area (TPSA) is 52.0 Å². The van der Waals surface area contributed by atoms with E-state index in [4.69, 9.17) is 15.1 Å². The first-order chi connectivity index (χ1) is 9.13. The van der Waals surface area contributed by atoms with Gasteiger partial charge < -0.3 is 10.2 Å². The fraction of sp³-hybridized carbons (Fsp3) is 0.562. The highest BCUT2D eigenvalue weighted by atomic mass is 16.3. The lowest BCUT2D eigenvalue weighted by atomic mass is 9.85. The zero-order chi connectivity index (χ0) is 13.1. The number of nitrogens with zero attached hydrogens (tertiary/aromatic N) is 1. The van der Waals surface area contributed by atoms with Gasteiger partial charge >= 0.3 is 0 Å². The van der Waals surface area contributed by atoms with Crippen molar-refractivity contribution in [2.24, 2.45) is 17.6 Å². The minimum atomic E-state index is 0.244. The number of benzene rings is 1. The Hall–Kier alpha value is -1.35. The molecule has 2 aromatic rings. The fourth-order valence-electron chi connectivity index (χ4n) is 4.24. The van der Waals surface area contributed by atoms with E-state index in [1.165, 1.54) is 30.4 Å². The molecule has 19 heavy (non-hydrogen) atoms.